The van der Waals surface area contributed by atoms with Crippen LogP contribution in [0.2, 0.25) is 0 Å². The summed E-state index contributed by atoms with van der Waals surface area (Å²) in [6.45, 7) is 4.88. The zero-order valence-electron chi connectivity index (χ0n) is 13.7. The molecular formula is C17H25N3O2S. The second-order valence-electron chi connectivity index (χ2n) is 6.45. The number of nitrogens with one attached hydrogen (secondary N) is 1. The van der Waals surface area contributed by atoms with E-state index in [1.165, 1.54) is 24.2 Å². The number of hydrogen-bond donors (Lipinski definition) is 1. The molecule has 2 unspecified atom stereocenters. The smallest absolute Gasteiger partial charge is 0.317 e. The Kier molecular flexibility index (Phi) is 5.20. The molecule has 6 heteroatoms. The van der Waals surface area contributed by atoms with Gasteiger partial charge in [0.2, 0.25) is 0 Å². The van der Waals surface area contributed by atoms with E-state index in [1.54, 1.807) is 0 Å². The first kappa shape index (κ1) is 16.3. The van der Waals surface area contributed by atoms with Gasteiger partial charge in [-0.2, -0.15) is 0 Å². The van der Waals surface area contributed by atoms with E-state index in [0.29, 0.717) is 25.0 Å². The van der Waals surface area contributed by atoms with Crippen LogP contribution >= 0.6 is 11.3 Å². The highest BCUT2D eigenvalue weighted by atomic mass is 32.1. The molecule has 0 bridgehead atoms. The minimum Gasteiger partial charge on any atom is -0.336 e. The van der Waals surface area contributed by atoms with E-state index in [2.05, 4.69) is 12.2 Å². The van der Waals surface area contributed by atoms with Gasteiger partial charge in [0.15, 0.2) is 0 Å². The SMILES string of the molecule is CCCC1CC1NC(=O)N1CCCN(C(=O)c2cccs2)CC1. The van der Waals surface area contributed by atoms with Crippen molar-refractivity contribution in [2.75, 3.05) is 26.2 Å². The quantitative estimate of drug-likeness (QED) is 0.920. The second kappa shape index (κ2) is 7.34. The Balaban J connectivity index is 1.48. The molecule has 5 nitrogen and oxygen atoms in total. The van der Waals surface area contributed by atoms with Crippen molar-refractivity contribution < 1.29 is 9.59 Å². The van der Waals surface area contributed by atoms with E-state index in [9.17, 15) is 9.59 Å². The number of thiophene rings is 1. The van der Waals surface area contributed by atoms with Crippen molar-refractivity contribution in [2.24, 2.45) is 5.92 Å². The van der Waals surface area contributed by atoms with Crippen LogP contribution in [0.1, 0.15) is 42.3 Å². The fourth-order valence-corrected chi connectivity index (χ4v) is 3.93. The molecule has 2 atom stereocenters. The molecule has 1 aromatic rings. The summed E-state index contributed by atoms with van der Waals surface area (Å²) < 4.78 is 0. The molecule has 1 aromatic heterocycles. The number of hydrogen-bond acceptors (Lipinski definition) is 3. The normalized spacial score (nSPS) is 24.2. The third-order valence-electron chi connectivity index (χ3n) is 4.69. The maximum atomic E-state index is 12.4. The third-order valence-corrected chi connectivity index (χ3v) is 5.55. The molecular weight excluding hydrogens is 310 g/mol. The first-order valence-corrected chi connectivity index (χ1v) is 9.45. The fourth-order valence-electron chi connectivity index (χ4n) is 3.24. The monoisotopic (exact) mass is 335 g/mol. The van der Waals surface area contributed by atoms with E-state index in [1.807, 2.05) is 27.3 Å². The van der Waals surface area contributed by atoms with Crippen molar-refractivity contribution in [3.8, 4) is 0 Å². The van der Waals surface area contributed by atoms with E-state index in [-0.39, 0.29) is 11.9 Å². The summed E-state index contributed by atoms with van der Waals surface area (Å²) in [6.07, 6.45) is 4.35. The Morgan fingerprint density at radius 3 is 2.78 bits per heavy atom. The van der Waals surface area contributed by atoms with Crippen molar-refractivity contribution in [1.82, 2.24) is 15.1 Å². The highest BCUT2D eigenvalue weighted by Crippen LogP contribution is 2.34. The Hall–Kier alpha value is -1.56. The molecule has 0 radical (unpaired) electrons. The van der Waals surface area contributed by atoms with E-state index in [4.69, 9.17) is 0 Å². The van der Waals surface area contributed by atoms with Crippen molar-refractivity contribution in [2.45, 2.75) is 38.6 Å². The van der Waals surface area contributed by atoms with Crippen molar-refractivity contribution in [3.05, 3.63) is 22.4 Å². The van der Waals surface area contributed by atoms with Crippen LogP contribution in [0, 0.1) is 5.92 Å². The number of rotatable bonds is 4. The van der Waals surface area contributed by atoms with E-state index in [0.717, 1.165) is 30.8 Å². The largest absolute Gasteiger partial charge is 0.336 e. The minimum absolute atomic E-state index is 0.0408. The summed E-state index contributed by atoms with van der Waals surface area (Å²) in [4.78, 5) is 29.3. The first-order chi connectivity index (χ1) is 11.2. The summed E-state index contributed by atoms with van der Waals surface area (Å²) >= 11 is 1.48. The lowest BCUT2D eigenvalue weighted by atomic mass is 10.2. The van der Waals surface area contributed by atoms with Crippen LogP contribution in [0.25, 0.3) is 0 Å². The number of nitrogens with zero attached hydrogens (tertiary/aromatic N) is 2. The van der Waals surface area contributed by atoms with Gasteiger partial charge in [-0.15, -0.1) is 11.3 Å². The fraction of sp³-hybridized carbons (Fsp3) is 0.647. The van der Waals surface area contributed by atoms with E-state index >= 15 is 0 Å². The van der Waals surface area contributed by atoms with Crippen LogP contribution in [-0.4, -0.2) is 54.0 Å². The molecule has 2 fully saturated rings. The zero-order chi connectivity index (χ0) is 16.2. The number of amides is 3. The van der Waals surface area contributed by atoms with Gasteiger partial charge < -0.3 is 15.1 Å². The molecule has 1 saturated carbocycles. The molecule has 0 spiro atoms. The minimum atomic E-state index is 0.0408. The Labute approximate surface area is 141 Å². The van der Waals surface area contributed by atoms with Crippen LogP contribution in [0.4, 0.5) is 4.79 Å². The van der Waals surface area contributed by atoms with Crippen LogP contribution in [0.3, 0.4) is 0 Å². The van der Waals surface area contributed by atoms with Crippen molar-refractivity contribution >= 4 is 23.3 Å². The van der Waals surface area contributed by atoms with Crippen molar-refractivity contribution in [3.63, 3.8) is 0 Å². The average Bonchev–Trinajstić information content (AvgIpc) is 3.11. The van der Waals surface area contributed by atoms with Crippen LogP contribution in [-0.2, 0) is 0 Å². The molecule has 0 aromatic carbocycles. The summed E-state index contributed by atoms with van der Waals surface area (Å²) in [5.41, 5.74) is 0. The van der Waals surface area contributed by atoms with Gasteiger partial charge in [0.05, 0.1) is 4.88 Å². The lowest BCUT2D eigenvalue weighted by Gasteiger charge is -2.22. The molecule has 23 heavy (non-hydrogen) atoms. The lowest BCUT2D eigenvalue weighted by Crippen LogP contribution is -2.43. The molecule has 1 aliphatic carbocycles. The maximum Gasteiger partial charge on any atom is 0.317 e. The average molecular weight is 335 g/mol. The summed E-state index contributed by atoms with van der Waals surface area (Å²) in [5.74, 6) is 0.764. The summed E-state index contributed by atoms with van der Waals surface area (Å²) in [6, 6.07) is 4.18. The molecule has 1 saturated heterocycles. The Bertz CT molecular complexity index is 546. The van der Waals surface area contributed by atoms with Gasteiger partial charge >= 0.3 is 6.03 Å². The molecule has 2 heterocycles. The molecule has 2 aliphatic rings. The topological polar surface area (TPSA) is 52.7 Å². The Morgan fingerprint density at radius 2 is 2.04 bits per heavy atom. The van der Waals surface area contributed by atoms with Gasteiger partial charge in [0.25, 0.3) is 5.91 Å². The zero-order valence-corrected chi connectivity index (χ0v) is 14.5. The van der Waals surface area contributed by atoms with Gasteiger partial charge in [-0.05, 0) is 36.6 Å². The summed E-state index contributed by atoms with van der Waals surface area (Å²) in [7, 11) is 0. The van der Waals surface area contributed by atoms with Gasteiger partial charge in [0.1, 0.15) is 0 Å². The standard InChI is InChI=1S/C17H25N3O2S/c1-2-5-13-12-14(13)18-17(22)20-8-4-7-19(9-10-20)16(21)15-6-3-11-23-15/h3,6,11,13-14H,2,4-5,7-10,12H2,1H3,(H,18,22). The van der Waals surface area contributed by atoms with E-state index < -0.39 is 0 Å². The van der Waals surface area contributed by atoms with Gasteiger partial charge in [-0.3, -0.25) is 4.79 Å². The van der Waals surface area contributed by atoms with Crippen LogP contribution < -0.4 is 5.32 Å². The molecule has 1 aliphatic heterocycles. The Morgan fingerprint density at radius 1 is 1.26 bits per heavy atom. The number of urea groups is 1. The van der Waals surface area contributed by atoms with Gasteiger partial charge in [-0.1, -0.05) is 19.4 Å². The van der Waals surface area contributed by atoms with Crippen molar-refractivity contribution in [1.29, 1.82) is 0 Å². The highest BCUT2D eigenvalue weighted by molar-refractivity contribution is 7.12. The highest BCUT2D eigenvalue weighted by Gasteiger charge is 2.38. The molecule has 1 N–H and O–H groups in total. The predicted molar refractivity (Wildman–Crippen MR) is 91.7 cm³/mol. The van der Waals surface area contributed by atoms with Crippen LogP contribution in [0.15, 0.2) is 17.5 Å². The maximum absolute atomic E-state index is 12.4. The number of carbonyl (C=O) groups excluding carboxylic acids is 2. The first-order valence-electron chi connectivity index (χ1n) is 8.57. The second-order valence-corrected chi connectivity index (χ2v) is 7.40. The molecule has 3 rings (SSSR count). The van der Waals surface area contributed by atoms with Crippen LogP contribution in [0.5, 0.6) is 0 Å². The molecule has 3 amide bonds. The van der Waals surface area contributed by atoms with Gasteiger partial charge in [-0.25, -0.2) is 4.79 Å². The molecule has 126 valence electrons. The predicted octanol–water partition coefficient (Wildman–Crippen LogP) is 2.79. The number of carbonyl (C=O) groups is 2. The lowest BCUT2D eigenvalue weighted by molar-refractivity contribution is 0.0767. The van der Waals surface area contributed by atoms with Gasteiger partial charge in [0, 0.05) is 32.2 Å². The summed E-state index contributed by atoms with van der Waals surface area (Å²) in [5, 5.41) is 5.07. The third kappa shape index (κ3) is 4.05.